The Hall–Kier alpha value is -1.32. The number of nitrogens with two attached hydrogens (primary N) is 1. The number of methoxy groups -OCH3 is 2. The normalized spacial score (nSPS) is 21.2. The molecule has 2 atom stereocenters. The number of nitrogens with one attached hydrogen (secondary N) is 1. The lowest BCUT2D eigenvalue weighted by Gasteiger charge is -2.19. The fourth-order valence-electron chi connectivity index (χ4n) is 2.75. The number of halogens is 1. The lowest BCUT2D eigenvalue weighted by Crippen LogP contribution is -2.42. The van der Waals surface area contributed by atoms with Gasteiger partial charge in [0.15, 0.2) is 11.5 Å². The summed E-state index contributed by atoms with van der Waals surface area (Å²) in [5, 5.41) is 0. The van der Waals surface area contributed by atoms with Crippen LogP contribution in [0.4, 0.5) is 0 Å². The third-order valence-electron chi connectivity index (χ3n) is 3.92. The van der Waals surface area contributed by atoms with Gasteiger partial charge in [0.25, 0.3) is 0 Å². The van der Waals surface area contributed by atoms with Gasteiger partial charge < -0.3 is 15.2 Å². The second kappa shape index (κ2) is 7.06. The molecular formula is C14H19BrN2O5S. The predicted molar refractivity (Wildman–Crippen MR) is 87.9 cm³/mol. The van der Waals surface area contributed by atoms with E-state index in [1.165, 1.54) is 26.4 Å². The highest BCUT2D eigenvalue weighted by Crippen LogP contribution is 2.36. The summed E-state index contributed by atoms with van der Waals surface area (Å²) in [6, 6.07) is 2.41. The topological polar surface area (TPSA) is 108 Å². The van der Waals surface area contributed by atoms with Gasteiger partial charge in [0.05, 0.1) is 20.1 Å². The molecule has 0 aromatic heterocycles. The number of amides is 1. The van der Waals surface area contributed by atoms with Gasteiger partial charge in [0, 0.05) is 16.6 Å². The van der Waals surface area contributed by atoms with Crippen LogP contribution >= 0.6 is 15.9 Å². The van der Waals surface area contributed by atoms with Crippen LogP contribution in [0.25, 0.3) is 0 Å². The fraction of sp³-hybridized carbons (Fsp3) is 0.500. The van der Waals surface area contributed by atoms with Crippen LogP contribution in [0.5, 0.6) is 11.5 Å². The summed E-state index contributed by atoms with van der Waals surface area (Å²) in [5.41, 5.74) is 5.34. The predicted octanol–water partition coefficient (Wildman–Crippen LogP) is 1.40. The average molecular weight is 407 g/mol. The molecule has 0 aliphatic heterocycles. The fourth-order valence-corrected chi connectivity index (χ4v) is 5.09. The van der Waals surface area contributed by atoms with Gasteiger partial charge >= 0.3 is 0 Å². The van der Waals surface area contributed by atoms with Gasteiger partial charge in [-0.2, -0.15) is 0 Å². The molecule has 0 unspecified atom stereocenters. The molecule has 3 N–H and O–H groups in total. The van der Waals surface area contributed by atoms with E-state index < -0.39 is 27.9 Å². The minimum Gasteiger partial charge on any atom is -0.493 e. The smallest absolute Gasteiger partial charge is 0.242 e. The summed E-state index contributed by atoms with van der Waals surface area (Å²) in [4.78, 5) is 11.4. The molecule has 0 saturated heterocycles. The lowest BCUT2D eigenvalue weighted by molar-refractivity contribution is -0.122. The van der Waals surface area contributed by atoms with Crippen molar-refractivity contribution in [3.8, 4) is 11.5 Å². The SMILES string of the molecule is COc1cc(Br)c(S(=O)(=O)N[C@H]2CCC[C@@H]2C(N)=O)cc1OC. The summed E-state index contributed by atoms with van der Waals surface area (Å²) in [6.45, 7) is 0. The zero-order valence-electron chi connectivity index (χ0n) is 12.8. The summed E-state index contributed by atoms with van der Waals surface area (Å²) in [5.74, 6) is -0.256. The van der Waals surface area contributed by atoms with Crippen LogP contribution in [-0.4, -0.2) is 34.6 Å². The Kier molecular flexibility index (Phi) is 5.53. The molecule has 1 saturated carbocycles. The van der Waals surface area contributed by atoms with Crippen molar-refractivity contribution in [2.75, 3.05) is 14.2 Å². The van der Waals surface area contributed by atoms with Crippen molar-refractivity contribution in [2.45, 2.75) is 30.2 Å². The van der Waals surface area contributed by atoms with Gasteiger partial charge in [0.1, 0.15) is 4.90 Å². The maximum Gasteiger partial charge on any atom is 0.242 e. The van der Waals surface area contributed by atoms with Gasteiger partial charge in [-0.25, -0.2) is 13.1 Å². The van der Waals surface area contributed by atoms with Gasteiger partial charge in [-0.05, 0) is 34.8 Å². The molecule has 7 nitrogen and oxygen atoms in total. The number of carbonyl (C=O) groups excluding carboxylic acids is 1. The van der Waals surface area contributed by atoms with Crippen LogP contribution in [0, 0.1) is 5.92 Å². The molecule has 1 amide bonds. The largest absolute Gasteiger partial charge is 0.493 e. The van der Waals surface area contributed by atoms with Crippen molar-refractivity contribution in [3.05, 3.63) is 16.6 Å². The first-order valence-corrected chi connectivity index (χ1v) is 9.31. The number of carbonyl (C=O) groups is 1. The van der Waals surface area contributed by atoms with E-state index in [0.717, 1.165) is 6.42 Å². The number of sulfonamides is 1. The van der Waals surface area contributed by atoms with Crippen molar-refractivity contribution in [1.29, 1.82) is 0 Å². The van der Waals surface area contributed by atoms with E-state index in [9.17, 15) is 13.2 Å². The zero-order chi connectivity index (χ0) is 17.2. The van der Waals surface area contributed by atoms with Crippen LogP contribution in [0.1, 0.15) is 19.3 Å². The van der Waals surface area contributed by atoms with E-state index in [0.29, 0.717) is 28.8 Å². The van der Waals surface area contributed by atoms with Crippen LogP contribution in [0.15, 0.2) is 21.5 Å². The monoisotopic (exact) mass is 406 g/mol. The minimum atomic E-state index is -3.84. The van der Waals surface area contributed by atoms with Crippen LogP contribution in [-0.2, 0) is 14.8 Å². The molecule has 0 radical (unpaired) electrons. The average Bonchev–Trinajstić information content (AvgIpc) is 2.94. The second-order valence-electron chi connectivity index (χ2n) is 5.31. The van der Waals surface area contributed by atoms with E-state index in [4.69, 9.17) is 15.2 Å². The summed E-state index contributed by atoms with van der Waals surface area (Å²) in [7, 11) is -0.947. The molecule has 128 valence electrons. The highest BCUT2D eigenvalue weighted by molar-refractivity contribution is 9.10. The van der Waals surface area contributed by atoms with Crippen molar-refractivity contribution in [1.82, 2.24) is 4.72 Å². The van der Waals surface area contributed by atoms with Crippen LogP contribution in [0.3, 0.4) is 0 Å². The molecule has 1 aromatic carbocycles. The molecule has 1 aliphatic carbocycles. The molecule has 9 heteroatoms. The summed E-state index contributed by atoms with van der Waals surface area (Å²) in [6.07, 6.45) is 1.93. The number of rotatable bonds is 6. The first kappa shape index (κ1) is 18.0. The molecular weight excluding hydrogens is 388 g/mol. The maximum absolute atomic E-state index is 12.7. The molecule has 0 spiro atoms. The maximum atomic E-state index is 12.7. The number of benzene rings is 1. The third-order valence-corrected chi connectivity index (χ3v) is 6.36. The van der Waals surface area contributed by atoms with E-state index in [-0.39, 0.29) is 4.90 Å². The van der Waals surface area contributed by atoms with Gasteiger partial charge in [0.2, 0.25) is 15.9 Å². The molecule has 23 heavy (non-hydrogen) atoms. The van der Waals surface area contributed by atoms with Crippen molar-refractivity contribution in [2.24, 2.45) is 11.7 Å². The Morgan fingerprint density at radius 2 is 1.87 bits per heavy atom. The van der Waals surface area contributed by atoms with E-state index >= 15 is 0 Å². The summed E-state index contributed by atoms with van der Waals surface area (Å²) < 4.78 is 38.5. The van der Waals surface area contributed by atoms with Crippen molar-refractivity contribution in [3.63, 3.8) is 0 Å². The van der Waals surface area contributed by atoms with Crippen molar-refractivity contribution >= 4 is 31.9 Å². The Bertz CT molecular complexity index is 707. The van der Waals surface area contributed by atoms with E-state index in [2.05, 4.69) is 20.7 Å². The Morgan fingerprint density at radius 3 is 2.43 bits per heavy atom. The first-order valence-electron chi connectivity index (χ1n) is 7.03. The minimum absolute atomic E-state index is 0.0188. The number of primary amides is 1. The quantitative estimate of drug-likeness (QED) is 0.741. The second-order valence-corrected chi connectivity index (χ2v) is 7.84. The first-order chi connectivity index (χ1) is 10.8. The van der Waals surface area contributed by atoms with E-state index in [1.54, 1.807) is 0 Å². The molecule has 2 rings (SSSR count). The highest BCUT2D eigenvalue weighted by atomic mass is 79.9. The number of hydrogen-bond donors (Lipinski definition) is 2. The molecule has 0 heterocycles. The Morgan fingerprint density at radius 1 is 1.26 bits per heavy atom. The lowest BCUT2D eigenvalue weighted by atomic mass is 10.0. The van der Waals surface area contributed by atoms with Crippen LogP contribution < -0.4 is 19.9 Å². The molecule has 0 bridgehead atoms. The molecule has 1 aromatic rings. The van der Waals surface area contributed by atoms with Gasteiger partial charge in [-0.1, -0.05) is 6.42 Å². The third kappa shape index (κ3) is 3.78. The zero-order valence-corrected chi connectivity index (χ0v) is 15.2. The summed E-state index contributed by atoms with van der Waals surface area (Å²) >= 11 is 3.23. The Labute approximate surface area is 143 Å². The number of ether oxygens (including phenoxy) is 2. The Balaban J connectivity index is 2.34. The van der Waals surface area contributed by atoms with Gasteiger partial charge in [-0.3, -0.25) is 4.79 Å². The molecule has 1 fully saturated rings. The van der Waals surface area contributed by atoms with E-state index in [1.807, 2.05) is 0 Å². The number of hydrogen-bond acceptors (Lipinski definition) is 5. The van der Waals surface area contributed by atoms with Gasteiger partial charge in [-0.15, -0.1) is 0 Å². The molecule has 1 aliphatic rings. The standard InChI is InChI=1S/C14H19BrN2O5S/c1-21-11-6-9(15)13(7-12(11)22-2)23(19,20)17-10-5-3-4-8(10)14(16)18/h6-8,10,17H,3-5H2,1-2H3,(H2,16,18)/t8-,10-/m0/s1. The van der Waals surface area contributed by atoms with Crippen LogP contribution in [0.2, 0.25) is 0 Å². The highest BCUT2D eigenvalue weighted by Gasteiger charge is 2.35. The van der Waals surface area contributed by atoms with Crippen molar-refractivity contribution < 1.29 is 22.7 Å².